The van der Waals surface area contributed by atoms with Gasteiger partial charge >= 0.3 is 6.09 Å². The zero-order valence-corrected chi connectivity index (χ0v) is 16.2. The number of amides is 2. The van der Waals surface area contributed by atoms with E-state index in [-0.39, 0.29) is 24.1 Å². The van der Waals surface area contributed by atoms with Gasteiger partial charge in [-0.2, -0.15) is 0 Å². The van der Waals surface area contributed by atoms with Gasteiger partial charge in [-0.25, -0.2) is 4.79 Å². The Morgan fingerprint density at radius 2 is 2.11 bits per heavy atom. The van der Waals surface area contributed by atoms with Crippen LogP contribution in [-0.2, 0) is 4.74 Å². The largest absolute Gasteiger partial charge is 0.442 e. The van der Waals surface area contributed by atoms with E-state index in [1.54, 1.807) is 17.0 Å². The van der Waals surface area contributed by atoms with Gasteiger partial charge in [-0.3, -0.25) is 9.69 Å². The number of nitrogens with zero attached hydrogens (tertiary/aromatic N) is 2. The first-order chi connectivity index (χ1) is 13.1. The molecule has 2 aliphatic rings. The molecule has 2 unspecified atom stereocenters. The Labute approximate surface area is 166 Å². The van der Waals surface area contributed by atoms with Crippen LogP contribution in [0.1, 0.15) is 16.1 Å². The van der Waals surface area contributed by atoms with Crippen LogP contribution >= 0.6 is 22.9 Å². The number of thiophene rings is 1. The maximum Gasteiger partial charge on any atom is 0.414 e. The van der Waals surface area contributed by atoms with Gasteiger partial charge in [0.05, 0.1) is 22.3 Å². The molecule has 2 aromatic rings. The summed E-state index contributed by atoms with van der Waals surface area (Å²) in [6.45, 7) is 2.42. The van der Waals surface area contributed by atoms with Crippen LogP contribution in [0, 0.1) is 0 Å². The minimum absolute atomic E-state index is 0.0604. The van der Waals surface area contributed by atoms with Crippen LogP contribution in [0.25, 0.3) is 0 Å². The summed E-state index contributed by atoms with van der Waals surface area (Å²) in [5, 5.41) is 3.30. The van der Waals surface area contributed by atoms with Crippen molar-refractivity contribution in [1.29, 1.82) is 0 Å². The molecule has 2 amide bonds. The third-order valence-electron chi connectivity index (χ3n) is 4.86. The number of carbonyl (C=O) groups excluding carboxylic acids is 2. The lowest BCUT2D eigenvalue weighted by atomic mass is 10.1. The maximum absolute atomic E-state index is 13.1. The molecule has 0 spiro atoms. The zero-order valence-electron chi connectivity index (χ0n) is 14.6. The van der Waals surface area contributed by atoms with E-state index in [9.17, 15) is 9.59 Å². The summed E-state index contributed by atoms with van der Waals surface area (Å²) in [4.78, 5) is 29.4. The van der Waals surface area contributed by atoms with Crippen molar-refractivity contribution in [3.05, 3.63) is 51.7 Å². The molecular formula is C19H20ClN3O3S. The molecule has 6 nitrogen and oxygen atoms in total. The highest BCUT2D eigenvalue weighted by Crippen LogP contribution is 2.26. The summed E-state index contributed by atoms with van der Waals surface area (Å²) >= 11 is 7.28. The van der Waals surface area contributed by atoms with Crippen molar-refractivity contribution in [1.82, 2.24) is 10.2 Å². The van der Waals surface area contributed by atoms with E-state index >= 15 is 0 Å². The molecule has 1 aromatic carbocycles. The molecular weight excluding hydrogens is 386 g/mol. The van der Waals surface area contributed by atoms with E-state index in [0.717, 1.165) is 25.2 Å². The van der Waals surface area contributed by atoms with Crippen molar-refractivity contribution in [3.63, 3.8) is 0 Å². The minimum Gasteiger partial charge on any atom is -0.442 e. The number of ether oxygens (including phenoxy) is 1. The Bertz CT molecular complexity index is 823. The van der Waals surface area contributed by atoms with Crippen LogP contribution < -0.4 is 10.2 Å². The Balaban J connectivity index is 1.50. The van der Waals surface area contributed by atoms with Gasteiger partial charge in [0, 0.05) is 18.3 Å². The van der Waals surface area contributed by atoms with Crippen LogP contribution in [0.4, 0.5) is 10.5 Å². The molecule has 3 heterocycles. The summed E-state index contributed by atoms with van der Waals surface area (Å²) in [7, 11) is 0. The minimum atomic E-state index is -0.373. The van der Waals surface area contributed by atoms with E-state index in [4.69, 9.17) is 16.3 Å². The Morgan fingerprint density at radius 1 is 1.30 bits per heavy atom. The van der Waals surface area contributed by atoms with Crippen LogP contribution in [-0.4, -0.2) is 55.2 Å². The van der Waals surface area contributed by atoms with E-state index in [1.165, 1.54) is 11.3 Å². The van der Waals surface area contributed by atoms with Crippen molar-refractivity contribution in [3.8, 4) is 0 Å². The van der Waals surface area contributed by atoms with Crippen molar-refractivity contribution >= 4 is 40.6 Å². The number of halogens is 1. The van der Waals surface area contributed by atoms with Gasteiger partial charge in [0.1, 0.15) is 6.10 Å². The van der Waals surface area contributed by atoms with Crippen LogP contribution in [0.5, 0.6) is 0 Å². The highest BCUT2D eigenvalue weighted by Gasteiger charge is 2.37. The number of para-hydroxylation sites is 1. The predicted molar refractivity (Wildman–Crippen MR) is 106 cm³/mol. The molecule has 0 bridgehead atoms. The Kier molecular flexibility index (Phi) is 5.33. The van der Waals surface area contributed by atoms with Gasteiger partial charge in [-0.15, -0.1) is 11.3 Å². The maximum atomic E-state index is 13.1. The van der Waals surface area contributed by atoms with E-state index in [0.29, 0.717) is 22.3 Å². The lowest BCUT2D eigenvalue weighted by molar-refractivity contribution is 0.0560. The molecule has 1 aromatic heterocycles. The number of rotatable bonds is 5. The fraction of sp³-hybridized carbons (Fsp3) is 0.368. The standard InChI is InChI=1S/C19H20ClN3O3S/c20-17-7-6-16(27-17)18(24)22(14-8-9-21-10-14)11-15-12-23(19(25)26-15)13-4-2-1-3-5-13/h1-7,14-15,21H,8-12H2. The average molecular weight is 406 g/mol. The summed E-state index contributed by atoms with van der Waals surface area (Å²) in [6.07, 6.45) is 0.147. The highest BCUT2D eigenvalue weighted by atomic mass is 35.5. The lowest BCUT2D eigenvalue weighted by Gasteiger charge is -2.29. The van der Waals surface area contributed by atoms with Gasteiger partial charge in [0.2, 0.25) is 0 Å². The average Bonchev–Trinajstić information content (AvgIpc) is 3.41. The van der Waals surface area contributed by atoms with E-state index < -0.39 is 0 Å². The normalized spacial score (nSPS) is 22.1. The second-order valence-corrected chi connectivity index (χ2v) is 8.37. The third kappa shape index (κ3) is 3.95. The smallest absolute Gasteiger partial charge is 0.414 e. The fourth-order valence-electron chi connectivity index (χ4n) is 3.53. The quantitative estimate of drug-likeness (QED) is 0.829. The first-order valence-electron chi connectivity index (χ1n) is 8.92. The summed E-state index contributed by atoms with van der Waals surface area (Å²) in [6, 6.07) is 13.0. The van der Waals surface area contributed by atoms with Crippen LogP contribution in [0.3, 0.4) is 0 Å². The molecule has 8 heteroatoms. The second kappa shape index (κ2) is 7.88. The first-order valence-corrected chi connectivity index (χ1v) is 10.1. The molecule has 1 N–H and O–H groups in total. The van der Waals surface area contributed by atoms with E-state index in [2.05, 4.69) is 5.32 Å². The fourth-order valence-corrected chi connectivity index (χ4v) is 4.53. The van der Waals surface area contributed by atoms with Crippen molar-refractivity contribution < 1.29 is 14.3 Å². The summed E-state index contributed by atoms with van der Waals surface area (Å²) < 4.78 is 6.15. The lowest BCUT2D eigenvalue weighted by Crippen LogP contribution is -2.46. The zero-order chi connectivity index (χ0) is 18.8. The first kappa shape index (κ1) is 18.3. The molecule has 2 saturated heterocycles. The van der Waals surface area contributed by atoms with Gasteiger partial charge in [0.15, 0.2) is 0 Å². The van der Waals surface area contributed by atoms with Gasteiger partial charge in [-0.1, -0.05) is 29.8 Å². The molecule has 0 radical (unpaired) electrons. The third-order valence-corrected chi connectivity index (χ3v) is 6.08. The number of benzene rings is 1. The van der Waals surface area contributed by atoms with E-state index in [1.807, 2.05) is 35.2 Å². The van der Waals surface area contributed by atoms with Crippen molar-refractivity contribution in [2.24, 2.45) is 0 Å². The number of hydrogen-bond acceptors (Lipinski definition) is 5. The molecule has 27 heavy (non-hydrogen) atoms. The number of nitrogens with one attached hydrogen (secondary N) is 1. The summed E-state index contributed by atoms with van der Waals surface area (Å²) in [5.41, 5.74) is 0.801. The summed E-state index contributed by atoms with van der Waals surface area (Å²) in [5.74, 6) is -0.0604. The van der Waals surface area contributed by atoms with Gasteiger partial charge < -0.3 is 15.0 Å². The second-order valence-electron chi connectivity index (χ2n) is 6.66. The number of hydrogen-bond donors (Lipinski definition) is 1. The molecule has 142 valence electrons. The van der Waals surface area contributed by atoms with Crippen LogP contribution in [0.15, 0.2) is 42.5 Å². The predicted octanol–water partition coefficient (Wildman–Crippen LogP) is 3.23. The molecule has 0 saturated carbocycles. The van der Waals surface area contributed by atoms with Gasteiger partial charge in [0.25, 0.3) is 5.91 Å². The molecule has 2 aliphatic heterocycles. The Hall–Kier alpha value is -2.09. The van der Waals surface area contributed by atoms with Crippen molar-refractivity contribution in [2.75, 3.05) is 31.1 Å². The SMILES string of the molecule is O=C1OC(CN(C(=O)c2ccc(Cl)s2)C2CCNC2)CN1c1ccccc1. The number of cyclic esters (lactones) is 1. The highest BCUT2D eigenvalue weighted by molar-refractivity contribution is 7.17. The van der Waals surface area contributed by atoms with Crippen LogP contribution in [0.2, 0.25) is 4.34 Å². The van der Waals surface area contributed by atoms with Crippen molar-refractivity contribution in [2.45, 2.75) is 18.6 Å². The Morgan fingerprint density at radius 3 is 2.78 bits per heavy atom. The molecule has 2 atom stereocenters. The van der Waals surface area contributed by atoms with Gasteiger partial charge in [-0.05, 0) is 37.2 Å². The topological polar surface area (TPSA) is 61.9 Å². The molecule has 2 fully saturated rings. The monoisotopic (exact) mass is 405 g/mol. The molecule has 0 aliphatic carbocycles. The molecule has 4 rings (SSSR count). The number of anilines is 1. The number of carbonyl (C=O) groups is 2.